The molecule has 0 bridgehead atoms. The van der Waals surface area contributed by atoms with Crippen molar-refractivity contribution in [1.29, 1.82) is 0 Å². The lowest BCUT2D eigenvalue weighted by molar-refractivity contribution is -0.131. The van der Waals surface area contributed by atoms with Crippen LogP contribution in [-0.4, -0.2) is 44.3 Å². The van der Waals surface area contributed by atoms with Gasteiger partial charge >= 0.3 is 0 Å². The summed E-state index contributed by atoms with van der Waals surface area (Å²) in [6.07, 6.45) is 3.88. The molecular formula is C17H22FNO3S. The minimum atomic E-state index is -3.07. The third-order valence-corrected chi connectivity index (χ3v) is 6.07. The van der Waals surface area contributed by atoms with Gasteiger partial charge in [-0.05, 0) is 36.3 Å². The van der Waals surface area contributed by atoms with Crippen LogP contribution < -0.4 is 0 Å². The molecule has 3 rings (SSSR count). The first-order chi connectivity index (χ1) is 10.8. The normalized spacial score (nSPS) is 23.0. The molecule has 1 aromatic carbocycles. The highest BCUT2D eigenvalue weighted by Crippen LogP contribution is 2.50. The molecule has 4 nitrogen and oxygen atoms in total. The molecule has 2 fully saturated rings. The van der Waals surface area contributed by atoms with Gasteiger partial charge in [0.05, 0.1) is 5.75 Å². The molecule has 1 aliphatic heterocycles. The minimum Gasteiger partial charge on any atom is -0.342 e. The maximum Gasteiger partial charge on any atom is 0.223 e. The van der Waals surface area contributed by atoms with E-state index in [9.17, 15) is 17.6 Å². The van der Waals surface area contributed by atoms with Crippen molar-refractivity contribution in [3.05, 3.63) is 35.6 Å². The van der Waals surface area contributed by atoms with E-state index < -0.39 is 9.84 Å². The summed E-state index contributed by atoms with van der Waals surface area (Å²) in [5.41, 5.74) is 0.320. The zero-order valence-electron chi connectivity index (χ0n) is 13.3. The first kappa shape index (κ1) is 16.4. The molecule has 1 atom stereocenters. The zero-order chi connectivity index (χ0) is 16.7. The van der Waals surface area contributed by atoms with E-state index in [0.717, 1.165) is 19.3 Å². The molecule has 23 heavy (non-hydrogen) atoms. The first-order valence-electron chi connectivity index (χ1n) is 7.98. The van der Waals surface area contributed by atoms with E-state index in [1.165, 1.54) is 12.3 Å². The quantitative estimate of drug-likeness (QED) is 0.827. The summed E-state index contributed by atoms with van der Waals surface area (Å²) in [6, 6.07) is 6.71. The summed E-state index contributed by atoms with van der Waals surface area (Å²) >= 11 is 0. The fourth-order valence-electron chi connectivity index (χ4n) is 3.58. The second-order valence-corrected chi connectivity index (χ2v) is 9.23. The second kappa shape index (κ2) is 5.89. The molecule has 2 aliphatic rings. The largest absolute Gasteiger partial charge is 0.342 e. The van der Waals surface area contributed by atoms with Crippen molar-refractivity contribution in [3.63, 3.8) is 0 Å². The third kappa shape index (κ3) is 3.91. The standard InChI is InChI=1S/C17H22FNO3S/c1-23(21,22)12-17(7-8-17)10-16(20)19-9-6-13(11-19)14-4-2-3-5-15(14)18/h2-5,13H,6-12H2,1H3/t13-/m1/s1. The Kier molecular flexibility index (Phi) is 4.21. The van der Waals surface area contributed by atoms with Gasteiger partial charge < -0.3 is 4.90 Å². The van der Waals surface area contributed by atoms with Crippen LogP contribution >= 0.6 is 0 Å². The number of carbonyl (C=O) groups is 1. The van der Waals surface area contributed by atoms with E-state index in [0.29, 0.717) is 25.1 Å². The van der Waals surface area contributed by atoms with E-state index in [2.05, 4.69) is 0 Å². The van der Waals surface area contributed by atoms with Gasteiger partial charge in [-0.3, -0.25) is 4.79 Å². The summed E-state index contributed by atoms with van der Waals surface area (Å²) in [5, 5.41) is 0. The van der Waals surface area contributed by atoms with Crippen LogP contribution in [-0.2, 0) is 14.6 Å². The first-order valence-corrected chi connectivity index (χ1v) is 10.0. The van der Waals surface area contributed by atoms with Crippen LogP contribution in [0, 0.1) is 11.2 Å². The maximum absolute atomic E-state index is 13.9. The summed E-state index contributed by atoms with van der Waals surface area (Å²) in [4.78, 5) is 14.2. The second-order valence-electron chi connectivity index (χ2n) is 7.09. The molecule has 0 spiro atoms. The van der Waals surface area contributed by atoms with Crippen molar-refractivity contribution in [2.24, 2.45) is 5.41 Å². The van der Waals surface area contributed by atoms with Gasteiger partial charge in [0.2, 0.25) is 5.91 Å². The average molecular weight is 339 g/mol. The average Bonchev–Trinajstić information content (AvgIpc) is 3.01. The van der Waals surface area contributed by atoms with Crippen molar-refractivity contribution in [2.75, 3.05) is 25.1 Å². The Balaban J connectivity index is 1.61. The minimum absolute atomic E-state index is 0.00462. The van der Waals surface area contributed by atoms with Crippen molar-refractivity contribution >= 4 is 15.7 Å². The van der Waals surface area contributed by atoms with Gasteiger partial charge in [0.15, 0.2) is 0 Å². The lowest BCUT2D eigenvalue weighted by Gasteiger charge is -2.20. The number of hydrogen-bond acceptors (Lipinski definition) is 3. The SMILES string of the molecule is CS(=O)(=O)CC1(CC(=O)N2CC[C@@H](c3ccccc3F)C2)CC1. The number of benzene rings is 1. The predicted molar refractivity (Wildman–Crippen MR) is 86.3 cm³/mol. The Morgan fingerprint density at radius 1 is 1.35 bits per heavy atom. The zero-order valence-corrected chi connectivity index (χ0v) is 14.1. The van der Waals surface area contributed by atoms with Crippen molar-refractivity contribution < 1.29 is 17.6 Å². The molecule has 6 heteroatoms. The van der Waals surface area contributed by atoms with Gasteiger partial charge in [-0.2, -0.15) is 0 Å². The number of nitrogens with zero attached hydrogens (tertiary/aromatic N) is 1. The molecule has 0 radical (unpaired) electrons. The Bertz CT molecular complexity index is 712. The third-order valence-electron chi connectivity index (χ3n) is 4.94. The van der Waals surface area contributed by atoms with Crippen LogP contribution in [0.3, 0.4) is 0 Å². The lowest BCUT2D eigenvalue weighted by atomic mass is 9.98. The molecule has 0 unspecified atom stereocenters. The van der Waals surface area contributed by atoms with Gasteiger partial charge in [0, 0.05) is 31.7 Å². The monoisotopic (exact) mass is 339 g/mol. The van der Waals surface area contributed by atoms with Crippen LogP contribution in [0.1, 0.15) is 37.2 Å². The Morgan fingerprint density at radius 2 is 2.04 bits per heavy atom. The van der Waals surface area contributed by atoms with E-state index in [-0.39, 0.29) is 28.8 Å². The highest BCUT2D eigenvalue weighted by Gasteiger charge is 2.47. The van der Waals surface area contributed by atoms with E-state index in [4.69, 9.17) is 0 Å². The van der Waals surface area contributed by atoms with Crippen LogP contribution in [0.2, 0.25) is 0 Å². The van der Waals surface area contributed by atoms with Gasteiger partial charge in [0.25, 0.3) is 0 Å². The molecule has 1 aromatic rings. The van der Waals surface area contributed by atoms with Crippen LogP contribution in [0.4, 0.5) is 4.39 Å². The van der Waals surface area contributed by atoms with Crippen LogP contribution in [0.15, 0.2) is 24.3 Å². The van der Waals surface area contributed by atoms with Crippen LogP contribution in [0.25, 0.3) is 0 Å². The Labute approximate surface area is 136 Å². The fraction of sp³-hybridized carbons (Fsp3) is 0.588. The smallest absolute Gasteiger partial charge is 0.223 e. The van der Waals surface area contributed by atoms with E-state index >= 15 is 0 Å². The highest BCUT2D eigenvalue weighted by atomic mass is 32.2. The van der Waals surface area contributed by atoms with E-state index in [1.54, 1.807) is 17.0 Å². The molecule has 126 valence electrons. The fourth-order valence-corrected chi connectivity index (χ4v) is 5.09. The number of halogens is 1. The van der Waals surface area contributed by atoms with Crippen molar-refractivity contribution in [2.45, 2.75) is 31.6 Å². The Hall–Kier alpha value is -1.43. The molecule has 1 amide bonds. The van der Waals surface area contributed by atoms with Gasteiger partial charge in [0.1, 0.15) is 15.7 Å². The number of likely N-dealkylation sites (tertiary alicyclic amines) is 1. The van der Waals surface area contributed by atoms with Crippen molar-refractivity contribution in [1.82, 2.24) is 4.90 Å². The van der Waals surface area contributed by atoms with Gasteiger partial charge in [-0.15, -0.1) is 0 Å². The molecule has 1 aliphatic carbocycles. The molecule has 1 saturated heterocycles. The summed E-state index contributed by atoms with van der Waals surface area (Å²) in [7, 11) is -3.07. The topological polar surface area (TPSA) is 54.5 Å². The number of carbonyl (C=O) groups excluding carboxylic acids is 1. The van der Waals surface area contributed by atoms with Gasteiger partial charge in [-0.25, -0.2) is 12.8 Å². The number of amides is 1. The van der Waals surface area contributed by atoms with Crippen molar-refractivity contribution in [3.8, 4) is 0 Å². The molecular weight excluding hydrogens is 317 g/mol. The molecule has 1 heterocycles. The number of sulfone groups is 1. The van der Waals surface area contributed by atoms with E-state index in [1.807, 2.05) is 6.07 Å². The molecule has 1 saturated carbocycles. The maximum atomic E-state index is 13.9. The molecule has 0 aromatic heterocycles. The lowest BCUT2D eigenvalue weighted by Crippen LogP contribution is -2.32. The van der Waals surface area contributed by atoms with Crippen LogP contribution in [0.5, 0.6) is 0 Å². The number of rotatable bonds is 5. The summed E-state index contributed by atoms with van der Waals surface area (Å²) < 4.78 is 36.9. The summed E-state index contributed by atoms with van der Waals surface area (Å²) in [5.74, 6) is -0.0891. The molecule has 0 N–H and O–H groups in total. The summed E-state index contributed by atoms with van der Waals surface area (Å²) in [6.45, 7) is 1.14. The number of hydrogen-bond donors (Lipinski definition) is 0. The highest BCUT2D eigenvalue weighted by molar-refractivity contribution is 7.90. The predicted octanol–water partition coefficient (Wildman–Crippen LogP) is 2.36. The Morgan fingerprint density at radius 3 is 2.65 bits per heavy atom. The van der Waals surface area contributed by atoms with Gasteiger partial charge in [-0.1, -0.05) is 18.2 Å².